The predicted octanol–water partition coefficient (Wildman–Crippen LogP) is 0.484. The maximum absolute atomic E-state index is 13.0. The molecule has 0 aliphatic carbocycles. The maximum Gasteiger partial charge on any atom is 0.322 e. The van der Waals surface area contributed by atoms with E-state index in [0.29, 0.717) is 0 Å². The minimum Gasteiger partial charge on any atom is -0.326 e. The summed E-state index contributed by atoms with van der Waals surface area (Å²) in [5.74, 6) is -1.22. The van der Waals surface area contributed by atoms with Crippen molar-refractivity contribution in [3.63, 3.8) is 0 Å². The average molecular weight is 253 g/mol. The molecule has 1 aliphatic heterocycles. The summed E-state index contributed by atoms with van der Waals surface area (Å²) in [5, 5.41) is 15.0. The molecule has 1 saturated heterocycles. The summed E-state index contributed by atoms with van der Waals surface area (Å²) in [5.41, 5.74) is -0.229. The van der Waals surface area contributed by atoms with E-state index in [1.165, 1.54) is 0 Å². The number of carbonyl (C=O) groups excluding carboxylic acids is 2. The number of nitrogens with one attached hydrogen (secondary N) is 2. The van der Waals surface area contributed by atoms with Crippen molar-refractivity contribution in [1.82, 2.24) is 10.6 Å². The van der Waals surface area contributed by atoms with Crippen LogP contribution in [0.2, 0.25) is 0 Å². The molecule has 1 aromatic carbocycles. The minimum absolute atomic E-state index is 0.0577. The highest BCUT2D eigenvalue weighted by Crippen LogP contribution is 2.21. The lowest BCUT2D eigenvalue weighted by Gasteiger charge is -2.07. The molecule has 0 spiro atoms. The number of hydrogen-bond acceptors (Lipinski definition) is 4. The lowest BCUT2D eigenvalue weighted by Crippen LogP contribution is -2.31. The molecule has 1 unspecified atom stereocenters. The Kier molecular flexibility index (Phi) is 2.92. The van der Waals surface area contributed by atoms with Gasteiger partial charge in [0.05, 0.1) is 4.92 Å². The van der Waals surface area contributed by atoms with Crippen molar-refractivity contribution in [3.05, 3.63) is 39.7 Å². The molecule has 1 atom stereocenters. The number of rotatable bonds is 3. The number of nitrogens with zero attached hydrogens (tertiary/aromatic N) is 1. The lowest BCUT2D eigenvalue weighted by molar-refractivity contribution is -0.385. The second kappa shape index (κ2) is 4.40. The molecule has 0 radical (unpaired) electrons. The van der Waals surface area contributed by atoms with Crippen molar-refractivity contribution in [3.8, 4) is 0 Å². The molecule has 1 aliphatic rings. The van der Waals surface area contributed by atoms with Gasteiger partial charge >= 0.3 is 6.03 Å². The number of nitro groups is 1. The number of hydrogen-bond donors (Lipinski definition) is 2. The van der Waals surface area contributed by atoms with Crippen LogP contribution in [-0.4, -0.2) is 22.9 Å². The van der Waals surface area contributed by atoms with Crippen LogP contribution in [0.4, 0.5) is 14.9 Å². The van der Waals surface area contributed by atoms with E-state index in [4.69, 9.17) is 0 Å². The first-order valence-corrected chi connectivity index (χ1v) is 5.01. The molecule has 0 aromatic heterocycles. The monoisotopic (exact) mass is 253 g/mol. The van der Waals surface area contributed by atoms with Crippen LogP contribution in [0.3, 0.4) is 0 Å². The Morgan fingerprint density at radius 1 is 1.39 bits per heavy atom. The largest absolute Gasteiger partial charge is 0.326 e. The number of imide groups is 1. The summed E-state index contributed by atoms with van der Waals surface area (Å²) in [4.78, 5) is 32.3. The minimum atomic E-state index is -0.919. The van der Waals surface area contributed by atoms with Gasteiger partial charge < -0.3 is 5.32 Å². The van der Waals surface area contributed by atoms with Crippen LogP contribution < -0.4 is 10.6 Å². The average Bonchev–Trinajstić information content (AvgIpc) is 2.57. The van der Waals surface area contributed by atoms with Gasteiger partial charge in [0, 0.05) is 18.1 Å². The van der Waals surface area contributed by atoms with Gasteiger partial charge in [0.2, 0.25) is 0 Å². The Morgan fingerprint density at radius 2 is 2.11 bits per heavy atom. The number of nitro benzene ring substituents is 1. The van der Waals surface area contributed by atoms with Crippen LogP contribution in [0.1, 0.15) is 5.56 Å². The summed E-state index contributed by atoms with van der Waals surface area (Å²) < 4.78 is 13.0. The summed E-state index contributed by atoms with van der Waals surface area (Å²) >= 11 is 0. The highest BCUT2D eigenvalue weighted by Gasteiger charge is 2.31. The molecule has 94 valence electrons. The van der Waals surface area contributed by atoms with Crippen molar-refractivity contribution >= 4 is 17.6 Å². The number of halogens is 1. The van der Waals surface area contributed by atoms with Crippen molar-refractivity contribution in [2.75, 3.05) is 0 Å². The van der Waals surface area contributed by atoms with Crippen molar-refractivity contribution in [2.24, 2.45) is 0 Å². The summed E-state index contributed by atoms with van der Waals surface area (Å²) in [6.07, 6.45) is -0.133. The number of amides is 3. The molecular weight excluding hydrogens is 245 g/mol. The van der Waals surface area contributed by atoms with Crippen LogP contribution in [0.15, 0.2) is 18.2 Å². The summed E-state index contributed by atoms with van der Waals surface area (Å²) in [6.45, 7) is 0. The van der Waals surface area contributed by atoms with E-state index in [1.807, 2.05) is 5.32 Å². The molecule has 2 rings (SSSR count). The van der Waals surface area contributed by atoms with E-state index in [9.17, 15) is 24.1 Å². The summed E-state index contributed by atoms with van der Waals surface area (Å²) in [6, 6.07) is 1.39. The van der Waals surface area contributed by atoms with E-state index in [2.05, 4.69) is 5.32 Å². The third kappa shape index (κ3) is 2.26. The first-order chi connectivity index (χ1) is 8.47. The molecule has 1 aromatic rings. The Bertz CT molecular complexity index is 546. The molecule has 8 heteroatoms. The predicted molar refractivity (Wildman–Crippen MR) is 57.2 cm³/mol. The van der Waals surface area contributed by atoms with E-state index in [1.54, 1.807) is 0 Å². The molecule has 1 fully saturated rings. The van der Waals surface area contributed by atoms with Crippen LogP contribution in [-0.2, 0) is 11.2 Å². The SMILES string of the molecule is O=C1NC(=O)C(Cc2cc(F)ccc2[N+](=O)[O-])N1. The van der Waals surface area contributed by atoms with Gasteiger partial charge in [-0.2, -0.15) is 0 Å². The Hall–Kier alpha value is -2.51. The standard InChI is InChI=1S/C10H8FN3O4/c11-6-1-2-8(14(17)18)5(3-6)4-7-9(15)13-10(16)12-7/h1-3,7H,4H2,(H2,12,13,15,16). The molecule has 18 heavy (non-hydrogen) atoms. The first-order valence-electron chi connectivity index (χ1n) is 5.01. The summed E-state index contributed by atoms with van der Waals surface area (Å²) in [7, 11) is 0. The second-order valence-electron chi connectivity index (χ2n) is 3.75. The van der Waals surface area contributed by atoms with Crippen molar-refractivity contribution in [1.29, 1.82) is 0 Å². The molecule has 3 amide bonds. The Balaban J connectivity index is 2.28. The van der Waals surface area contributed by atoms with Gasteiger partial charge in [-0.05, 0) is 12.1 Å². The highest BCUT2D eigenvalue weighted by atomic mass is 19.1. The van der Waals surface area contributed by atoms with Crippen LogP contribution in [0.25, 0.3) is 0 Å². The molecule has 7 nitrogen and oxygen atoms in total. The van der Waals surface area contributed by atoms with E-state index in [0.717, 1.165) is 18.2 Å². The van der Waals surface area contributed by atoms with Crippen LogP contribution in [0.5, 0.6) is 0 Å². The molecule has 0 bridgehead atoms. The zero-order chi connectivity index (χ0) is 13.3. The lowest BCUT2D eigenvalue weighted by atomic mass is 10.0. The fraction of sp³-hybridized carbons (Fsp3) is 0.200. The zero-order valence-electron chi connectivity index (χ0n) is 8.97. The second-order valence-corrected chi connectivity index (χ2v) is 3.75. The normalized spacial score (nSPS) is 18.4. The Labute approximate surface area is 100 Å². The van der Waals surface area contributed by atoms with E-state index in [-0.39, 0.29) is 17.7 Å². The third-order valence-corrected chi connectivity index (χ3v) is 2.52. The van der Waals surface area contributed by atoms with Crippen LogP contribution in [0, 0.1) is 15.9 Å². The fourth-order valence-electron chi connectivity index (χ4n) is 1.72. The van der Waals surface area contributed by atoms with Gasteiger partial charge in [-0.3, -0.25) is 20.2 Å². The van der Waals surface area contributed by atoms with Gasteiger partial charge in [-0.1, -0.05) is 0 Å². The third-order valence-electron chi connectivity index (χ3n) is 2.52. The zero-order valence-corrected chi connectivity index (χ0v) is 8.97. The van der Waals surface area contributed by atoms with Crippen molar-refractivity contribution < 1.29 is 18.9 Å². The number of urea groups is 1. The quantitative estimate of drug-likeness (QED) is 0.464. The fourth-order valence-corrected chi connectivity index (χ4v) is 1.72. The van der Waals surface area contributed by atoms with E-state index >= 15 is 0 Å². The number of benzene rings is 1. The topological polar surface area (TPSA) is 101 Å². The molecule has 2 N–H and O–H groups in total. The molecular formula is C10H8FN3O4. The van der Waals surface area contributed by atoms with Gasteiger partial charge in [0.15, 0.2) is 0 Å². The molecule has 0 saturated carbocycles. The van der Waals surface area contributed by atoms with Gasteiger partial charge in [0.25, 0.3) is 11.6 Å². The van der Waals surface area contributed by atoms with Gasteiger partial charge in [-0.25, -0.2) is 9.18 Å². The van der Waals surface area contributed by atoms with E-state index < -0.39 is 28.7 Å². The first kappa shape index (κ1) is 12.0. The van der Waals surface area contributed by atoms with Crippen LogP contribution >= 0.6 is 0 Å². The Morgan fingerprint density at radius 3 is 2.67 bits per heavy atom. The smallest absolute Gasteiger partial charge is 0.322 e. The van der Waals surface area contributed by atoms with Gasteiger partial charge in [0.1, 0.15) is 11.9 Å². The number of carbonyl (C=O) groups is 2. The maximum atomic E-state index is 13.0. The molecule has 1 heterocycles. The van der Waals surface area contributed by atoms with Gasteiger partial charge in [-0.15, -0.1) is 0 Å². The van der Waals surface area contributed by atoms with Crippen molar-refractivity contribution in [2.45, 2.75) is 12.5 Å². The highest BCUT2D eigenvalue weighted by molar-refractivity contribution is 6.04.